The molecule has 1 amide bonds. The fourth-order valence-corrected chi connectivity index (χ4v) is 5.57. The van der Waals surface area contributed by atoms with Crippen LogP contribution < -0.4 is 15.2 Å². The number of methoxy groups -OCH3 is 1. The molecular weight excluding hydrogens is 452 g/mol. The molecular formula is C30H34N2O4. The molecule has 6 heteroatoms. The summed E-state index contributed by atoms with van der Waals surface area (Å²) in [6.07, 6.45) is 1.99. The van der Waals surface area contributed by atoms with E-state index in [-0.39, 0.29) is 17.6 Å². The molecule has 1 saturated heterocycles. The van der Waals surface area contributed by atoms with Crippen molar-refractivity contribution in [3.8, 4) is 11.5 Å². The molecule has 1 atom stereocenters. The van der Waals surface area contributed by atoms with Crippen LogP contribution >= 0.6 is 0 Å². The van der Waals surface area contributed by atoms with Gasteiger partial charge in [0.2, 0.25) is 5.91 Å². The summed E-state index contributed by atoms with van der Waals surface area (Å²) >= 11 is 0. The molecule has 36 heavy (non-hydrogen) atoms. The van der Waals surface area contributed by atoms with Crippen LogP contribution in [0.1, 0.15) is 47.7 Å². The van der Waals surface area contributed by atoms with Gasteiger partial charge >= 0.3 is 0 Å². The van der Waals surface area contributed by atoms with Gasteiger partial charge in [-0.25, -0.2) is 0 Å². The van der Waals surface area contributed by atoms with E-state index < -0.39 is 5.54 Å². The van der Waals surface area contributed by atoms with Gasteiger partial charge in [0.05, 0.1) is 19.3 Å². The third kappa shape index (κ3) is 5.14. The van der Waals surface area contributed by atoms with Gasteiger partial charge in [0.25, 0.3) is 0 Å². The van der Waals surface area contributed by atoms with Gasteiger partial charge in [0, 0.05) is 18.5 Å². The highest BCUT2D eigenvalue weighted by atomic mass is 16.5. The maximum Gasteiger partial charge on any atom is 0.217 e. The number of ether oxygens (including phenoxy) is 2. The molecule has 1 aliphatic rings. The predicted molar refractivity (Wildman–Crippen MR) is 140 cm³/mol. The molecule has 3 aromatic carbocycles. The third-order valence-electron chi connectivity index (χ3n) is 7.11. The lowest BCUT2D eigenvalue weighted by Gasteiger charge is -2.44. The van der Waals surface area contributed by atoms with Crippen LogP contribution in [-0.2, 0) is 10.3 Å². The van der Waals surface area contributed by atoms with E-state index in [0.717, 1.165) is 25.9 Å². The molecule has 1 aliphatic heterocycles. The Balaban J connectivity index is 1.57. The minimum atomic E-state index is -0.446. The van der Waals surface area contributed by atoms with Crippen molar-refractivity contribution in [2.24, 2.45) is 11.7 Å². The number of carbonyl (C=O) groups excluding carboxylic acids is 2. The molecule has 0 saturated carbocycles. The van der Waals surface area contributed by atoms with Crippen LogP contribution in [0.2, 0.25) is 0 Å². The maximum atomic E-state index is 12.1. The first-order chi connectivity index (χ1) is 17.5. The summed E-state index contributed by atoms with van der Waals surface area (Å²) in [4.78, 5) is 26.3. The third-order valence-corrected chi connectivity index (χ3v) is 7.11. The number of primary amides is 1. The molecule has 2 N–H and O–H groups in total. The van der Waals surface area contributed by atoms with E-state index in [9.17, 15) is 9.59 Å². The monoisotopic (exact) mass is 486 g/mol. The van der Waals surface area contributed by atoms with Gasteiger partial charge in [-0.2, -0.15) is 0 Å². The van der Waals surface area contributed by atoms with Crippen molar-refractivity contribution >= 4 is 11.7 Å². The van der Waals surface area contributed by atoms with Crippen molar-refractivity contribution in [2.45, 2.75) is 31.7 Å². The van der Waals surface area contributed by atoms with E-state index >= 15 is 0 Å². The van der Waals surface area contributed by atoms with Crippen LogP contribution in [0.5, 0.6) is 11.5 Å². The quantitative estimate of drug-likeness (QED) is 0.311. The smallest absolute Gasteiger partial charge is 0.217 e. The minimum absolute atomic E-state index is 0.0161. The van der Waals surface area contributed by atoms with Gasteiger partial charge in [0.1, 0.15) is 0 Å². The van der Waals surface area contributed by atoms with E-state index in [1.807, 2.05) is 12.1 Å². The molecule has 188 valence electrons. The van der Waals surface area contributed by atoms with Crippen molar-refractivity contribution in [1.82, 2.24) is 4.90 Å². The number of rotatable bonds is 11. The summed E-state index contributed by atoms with van der Waals surface area (Å²) in [5, 5.41) is 0. The number of amides is 1. The van der Waals surface area contributed by atoms with Crippen LogP contribution in [-0.4, -0.2) is 43.4 Å². The first-order valence-corrected chi connectivity index (χ1v) is 12.4. The average Bonchev–Trinajstić information content (AvgIpc) is 3.25. The first kappa shape index (κ1) is 25.5. The van der Waals surface area contributed by atoms with E-state index in [1.54, 1.807) is 25.3 Å². The highest BCUT2D eigenvalue weighted by molar-refractivity contribution is 5.94. The van der Waals surface area contributed by atoms with Crippen LogP contribution in [0.25, 0.3) is 0 Å². The summed E-state index contributed by atoms with van der Waals surface area (Å²) in [5.74, 6) is 0.946. The maximum absolute atomic E-state index is 12.1. The number of nitrogens with two attached hydrogens (primary N) is 1. The van der Waals surface area contributed by atoms with Gasteiger partial charge in [-0.3, -0.25) is 14.5 Å². The lowest BCUT2D eigenvalue weighted by Crippen LogP contribution is -2.47. The highest BCUT2D eigenvalue weighted by Gasteiger charge is 2.51. The number of carbonyl (C=O) groups is 2. The average molecular weight is 487 g/mol. The van der Waals surface area contributed by atoms with Crippen molar-refractivity contribution in [1.29, 1.82) is 0 Å². The number of benzene rings is 3. The Labute approximate surface area is 213 Å². The fourth-order valence-electron chi connectivity index (χ4n) is 5.57. The zero-order valence-corrected chi connectivity index (χ0v) is 21.0. The Kier molecular flexibility index (Phi) is 8.06. The number of hydrogen-bond acceptors (Lipinski definition) is 5. The second-order valence-corrected chi connectivity index (χ2v) is 9.27. The van der Waals surface area contributed by atoms with Crippen LogP contribution in [0.3, 0.4) is 0 Å². The SMILES string of the molecule is COc1cc(C(C)=O)ccc1OCCCN1CCC(CC(N)=O)C1(c1ccccc1)c1ccccc1. The second-order valence-electron chi connectivity index (χ2n) is 9.27. The van der Waals surface area contributed by atoms with Crippen molar-refractivity contribution in [3.63, 3.8) is 0 Å². The van der Waals surface area contributed by atoms with Crippen molar-refractivity contribution in [2.75, 3.05) is 26.8 Å². The zero-order valence-electron chi connectivity index (χ0n) is 21.0. The molecule has 0 bridgehead atoms. The van der Waals surface area contributed by atoms with Crippen LogP contribution in [0, 0.1) is 5.92 Å². The second kappa shape index (κ2) is 11.4. The van der Waals surface area contributed by atoms with E-state index in [4.69, 9.17) is 15.2 Å². The summed E-state index contributed by atoms with van der Waals surface area (Å²) in [7, 11) is 1.57. The van der Waals surface area contributed by atoms with Gasteiger partial charge < -0.3 is 15.2 Å². The number of ketones is 1. The fraction of sp³-hybridized carbons (Fsp3) is 0.333. The molecule has 1 unspecified atom stereocenters. The molecule has 3 aromatic rings. The molecule has 6 nitrogen and oxygen atoms in total. The summed E-state index contributed by atoms with van der Waals surface area (Å²) in [5.41, 5.74) is 8.21. The lowest BCUT2D eigenvalue weighted by atomic mass is 9.72. The Hall–Kier alpha value is -3.64. The Bertz CT molecular complexity index is 1140. The van der Waals surface area contributed by atoms with Crippen molar-refractivity contribution < 1.29 is 19.1 Å². The van der Waals surface area contributed by atoms with Crippen LogP contribution in [0.15, 0.2) is 78.9 Å². The standard InChI is InChI=1S/C30H34N2O4/c1-22(33)23-14-15-27(28(20-23)35-2)36-19-9-17-32-18-16-26(21-29(31)34)30(32,24-10-5-3-6-11-24)25-12-7-4-8-13-25/h3-8,10-15,20,26H,9,16-19,21H2,1-2H3,(H2,31,34). The normalized spacial score (nSPS) is 17.0. The van der Waals surface area contributed by atoms with E-state index in [2.05, 4.69) is 53.4 Å². The van der Waals surface area contributed by atoms with Crippen LogP contribution in [0.4, 0.5) is 0 Å². The number of hydrogen-bond donors (Lipinski definition) is 1. The van der Waals surface area contributed by atoms with Gasteiger partial charge in [0.15, 0.2) is 17.3 Å². The Morgan fingerprint density at radius 1 is 0.972 bits per heavy atom. The van der Waals surface area contributed by atoms with Crippen molar-refractivity contribution in [3.05, 3.63) is 95.6 Å². The summed E-state index contributed by atoms with van der Waals surface area (Å²) < 4.78 is 11.5. The molecule has 1 fully saturated rings. The van der Waals surface area contributed by atoms with E-state index in [1.165, 1.54) is 18.1 Å². The Morgan fingerprint density at radius 3 is 2.17 bits per heavy atom. The molecule has 4 rings (SSSR count). The molecule has 0 radical (unpaired) electrons. The summed E-state index contributed by atoms with van der Waals surface area (Å²) in [6, 6.07) is 26.1. The molecule has 0 spiro atoms. The minimum Gasteiger partial charge on any atom is -0.493 e. The summed E-state index contributed by atoms with van der Waals surface area (Å²) in [6.45, 7) is 3.67. The first-order valence-electron chi connectivity index (χ1n) is 12.4. The molecule has 1 heterocycles. The number of nitrogens with zero attached hydrogens (tertiary/aromatic N) is 1. The highest BCUT2D eigenvalue weighted by Crippen LogP contribution is 2.49. The molecule has 0 aromatic heterocycles. The zero-order chi connectivity index (χ0) is 25.5. The number of Topliss-reactive ketones (excluding diaryl/α,β-unsaturated/α-hetero) is 1. The van der Waals surface area contributed by atoms with Gasteiger partial charge in [-0.05, 0) is 61.6 Å². The predicted octanol–water partition coefficient (Wildman–Crippen LogP) is 4.81. The molecule has 0 aliphatic carbocycles. The van der Waals surface area contributed by atoms with Gasteiger partial charge in [-0.15, -0.1) is 0 Å². The lowest BCUT2D eigenvalue weighted by molar-refractivity contribution is -0.119. The largest absolute Gasteiger partial charge is 0.493 e. The Morgan fingerprint density at radius 2 is 1.61 bits per heavy atom. The van der Waals surface area contributed by atoms with E-state index in [0.29, 0.717) is 30.1 Å². The number of likely N-dealkylation sites (tertiary alicyclic amines) is 1. The van der Waals surface area contributed by atoms with Gasteiger partial charge in [-0.1, -0.05) is 60.7 Å². The topological polar surface area (TPSA) is 81.9 Å².